The summed E-state index contributed by atoms with van der Waals surface area (Å²) >= 11 is 0. The van der Waals surface area contributed by atoms with Crippen LogP contribution in [0.4, 0.5) is 0 Å². The number of nitrogens with one attached hydrogen (secondary N) is 2. The van der Waals surface area contributed by atoms with Crippen LogP contribution in [0.1, 0.15) is 47.0 Å². The molecule has 0 spiro atoms. The summed E-state index contributed by atoms with van der Waals surface area (Å²) in [5.74, 6) is -0.559. The highest BCUT2D eigenvalue weighted by Gasteiger charge is 2.45. The second-order valence-corrected chi connectivity index (χ2v) is 5.98. The molecule has 1 fully saturated rings. The molecule has 2 N–H and O–H groups in total. The molecule has 1 aliphatic carbocycles. The van der Waals surface area contributed by atoms with Crippen molar-refractivity contribution in [2.75, 3.05) is 0 Å². The van der Waals surface area contributed by atoms with Crippen molar-refractivity contribution in [3.05, 3.63) is 0 Å². The molecule has 0 saturated heterocycles. The van der Waals surface area contributed by atoms with E-state index in [0.29, 0.717) is 12.8 Å². The van der Waals surface area contributed by atoms with E-state index in [2.05, 4.69) is 16.7 Å². The quantitative estimate of drug-likeness (QED) is 0.788. The normalized spacial score (nSPS) is 19.1. The SMILES string of the molecule is CC(NC(=O)C1(C#N)CCC1)C(=O)NC(C)(C)C. The molecule has 0 aromatic heterocycles. The molecule has 1 saturated carbocycles. The van der Waals surface area contributed by atoms with Gasteiger partial charge in [0.05, 0.1) is 6.07 Å². The van der Waals surface area contributed by atoms with Crippen LogP contribution in [0, 0.1) is 16.7 Å². The minimum absolute atomic E-state index is 0.233. The molecular formula is C13H21N3O2. The average Bonchev–Trinajstić information content (AvgIpc) is 2.13. The molecule has 100 valence electrons. The lowest BCUT2D eigenvalue weighted by atomic mass is 9.69. The van der Waals surface area contributed by atoms with Crippen molar-refractivity contribution in [1.82, 2.24) is 10.6 Å². The second-order valence-electron chi connectivity index (χ2n) is 5.98. The Labute approximate surface area is 108 Å². The maximum atomic E-state index is 11.9. The van der Waals surface area contributed by atoms with Gasteiger partial charge in [0, 0.05) is 5.54 Å². The Hall–Kier alpha value is -1.57. The van der Waals surface area contributed by atoms with Crippen LogP contribution in [0.3, 0.4) is 0 Å². The zero-order valence-electron chi connectivity index (χ0n) is 11.5. The Morgan fingerprint density at radius 2 is 1.89 bits per heavy atom. The second kappa shape index (κ2) is 4.97. The monoisotopic (exact) mass is 251 g/mol. The predicted molar refractivity (Wildman–Crippen MR) is 67.4 cm³/mol. The van der Waals surface area contributed by atoms with E-state index in [-0.39, 0.29) is 17.4 Å². The Bertz CT molecular complexity index is 386. The molecule has 1 rings (SSSR count). The largest absolute Gasteiger partial charge is 0.350 e. The molecule has 0 aromatic carbocycles. The van der Waals surface area contributed by atoms with E-state index in [1.165, 1.54) is 0 Å². The number of carbonyl (C=O) groups excluding carboxylic acids is 2. The maximum Gasteiger partial charge on any atom is 0.242 e. The number of rotatable bonds is 3. The van der Waals surface area contributed by atoms with Gasteiger partial charge in [-0.25, -0.2) is 0 Å². The van der Waals surface area contributed by atoms with Gasteiger partial charge < -0.3 is 10.6 Å². The molecule has 5 heteroatoms. The number of hydrogen-bond donors (Lipinski definition) is 2. The lowest BCUT2D eigenvalue weighted by molar-refractivity contribution is -0.136. The molecule has 2 amide bonds. The molecule has 5 nitrogen and oxygen atoms in total. The van der Waals surface area contributed by atoms with E-state index in [4.69, 9.17) is 5.26 Å². The topological polar surface area (TPSA) is 82.0 Å². The molecular weight excluding hydrogens is 230 g/mol. The van der Waals surface area contributed by atoms with E-state index >= 15 is 0 Å². The smallest absolute Gasteiger partial charge is 0.242 e. The highest BCUT2D eigenvalue weighted by molar-refractivity contribution is 5.92. The highest BCUT2D eigenvalue weighted by Crippen LogP contribution is 2.40. The lowest BCUT2D eigenvalue weighted by Gasteiger charge is -2.34. The summed E-state index contributed by atoms with van der Waals surface area (Å²) < 4.78 is 0. The Morgan fingerprint density at radius 3 is 2.22 bits per heavy atom. The van der Waals surface area contributed by atoms with Gasteiger partial charge in [0.15, 0.2) is 0 Å². The first kappa shape index (κ1) is 14.5. The average molecular weight is 251 g/mol. The van der Waals surface area contributed by atoms with E-state index in [9.17, 15) is 9.59 Å². The zero-order valence-corrected chi connectivity index (χ0v) is 11.5. The first-order valence-corrected chi connectivity index (χ1v) is 6.24. The third-order valence-corrected chi connectivity index (χ3v) is 3.09. The van der Waals surface area contributed by atoms with Gasteiger partial charge in [0.25, 0.3) is 0 Å². The van der Waals surface area contributed by atoms with Crippen LogP contribution in [-0.2, 0) is 9.59 Å². The van der Waals surface area contributed by atoms with E-state index < -0.39 is 11.5 Å². The summed E-state index contributed by atoms with van der Waals surface area (Å²) in [5.41, 5.74) is -1.24. The molecule has 18 heavy (non-hydrogen) atoms. The van der Waals surface area contributed by atoms with Crippen LogP contribution >= 0.6 is 0 Å². The summed E-state index contributed by atoms with van der Waals surface area (Å²) in [5, 5.41) is 14.4. The fraction of sp³-hybridized carbons (Fsp3) is 0.769. The zero-order chi connectivity index (χ0) is 14.0. The molecule has 1 unspecified atom stereocenters. The van der Waals surface area contributed by atoms with Crippen molar-refractivity contribution in [1.29, 1.82) is 5.26 Å². The minimum Gasteiger partial charge on any atom is -0.350 e. The van der Waals surface area contributed by atoms with Crippen molar-refractivity contribution in [2.24, 2.45) is 5.41 Å². The van der Waals surface area contributed by atoms with Gasteiger partial charge in [-0.1, -0.05) is 0 Å². The standard InChI is InChI=1S/C13H21N3O2/c1-9(10(17)16-12(2,3)4)15-11(18)13(8-14)6-5-7-13/h9H,5-7H2,1-4H3,(H,15,18)(H,16,17). The van der Waals surface area contributed by atoms with Crippen LogP contribution in [0.5, 0.6) is 0 Å². The Balaban J connectivity index is 2.55. The minimum atomic E-state index is -0.906. The fourth-order valence-corrected chi connectivity index (χ4v) is 1.80. The summed E-state index contributed by atoms with van der Waals surface area (Å²) in [6.07, 6.45) is 2.06. The van der Waals surface area contributed by atoms with Gasteiger partial charge in [0.1, 0.15) is 11.5 Å². The molecule has 0 radical (unpaired) electrons. The fourth-order valence-electron chi connectivity index (χ4n) is 1.80. The number of hydrogen-bond acceptors (Lipinski definition) is 3. The van der Waals surface area contributed by atoms with Gasteiger partial charge in [-0.15, -0.1) is 0 Å². The summed E-state index contributed by atoms with van der Waals surface area (Å²) in [6.45, 7) is 7.26. The molecule has 0 aliphatic heterocycles. The number of carbonyl (C=O) groups is 2. The maximum absolute atomic E-state index is 11.9. The third kappa shape index (κ3) is 3.22. The third-order valence-electron chi connectivity index (χ3n) is 3.09. The van der Waals surface area contributed by atoms with Crippen molar-refractivity contribution in [3.8, 4) is 6.07 Å². The van der Waals surface area contributed by atoms with Crippen LogP contribution in [-0.4, -0.2) is 23.4 Å². The highest BCUT2D eigenvalue weighted by atomic mass is 16.2. The number of nitriles is 1. The summed E-state index contributed by atoms with van der Waals surface area (Å²) in [4.78, 5) is 23.8. The number of nitrogens with zero attached hydrogens (tertiary/aromatic N) is 1. The van der Waals surface area contributed by atoms with E-state index in [1.807, 2.05) is 20.8 Å². The van der Waals surface area contributed by atoms with Gasteiger partial charge in [0.2, 0.25) is 11.8 Å². The molecule has 0 aromatic rings. The van der Waals surface area contributed by atoms with Crippen LogP contribution in [0.2, 0.25) is 0 Å². The predicted octanol–water partition coefficient (Wildman–Crippen LogP) is 1.10. The lowest BCUT2D eigenvalue weighted by Crippen LogP contribution is -2.54. The van der Waals surface area contributed by atoms with Crippen LogP contribution in [0.15, 0.2) is 0 Å². The molecule has 0 heterocycles. The van der Waals surface area contributed by atoms with Crippen LogP contribution in [0.25, 0.3) is 0 Å². The van der Waals surface area contributed by atoms with E-state index in [0.717, 1.165) is 6.42 Å². The Morgan fingerprint density at radius 1 is 1.33 bits per heavy atom. The van der Waals surface area contributed by atoms with Crippen molar-refractivity contribution in [2.45, 2.75) is 58.5 Å². The van der Waals surface area contributed by atoms with Gasteiger partial charge in [-0.3, -0.25) is 9.59 Å². The molecule has 1 aliphatic rings. The first-order valence-electron chi connectivity index (χ1n) is 6.24. The molecule has 0 bridgehead atoms. The van der Waals surface area contributed by atoms with Crippen molar-refractivity contribution >= 4 is 11.8 Å². The molecule has 1 atom stereocenters. The number of amides is 2. The van der Waals surface area contributed by atoms with Gasteiger partial charge >= 0.3 is 0 Å². The first-order chi connectivity index (χ1) is 8.20. The van der Waals surface area contributed by atoms with Crippen LogP contribution < -0.4 is 10.6 Å². The van der Waals surface area contributed by atoms with Gasteiger partial charge in [-0.2, -0.15) is 5.26 Å². The van der Waals surface area contributed by atoms with Gasteiger partial charge in [-0.05, 0) is 47.0 Å². The summed E-state index contributed by atoms with van der Waals surface area (Å²) in [6, 6.07) is 1.44. The Kier molecular flexibility index (Phi) is 4.00. The van der Waals surface area contributed by atoms with E-state index in [1.54, 1.807) is 6.92 Å². The summed E-state index contributed by atoms with van der Waals surface area (Å²) in [7, 11) is 0. The van der Waals surface area contributed by atoms with Crippen molar-refractivity contribution < 1.29 is 9.59 Å². The van der Waals surface area contributed by atoms with Crippen molar-refractivity contribution in [3.63, 3.8) is 0 Å².